The molecular weight excluding hydrogens is 344 g/mol. The zero-order chi connectivity index (χ0) is 18.6. The Morgan fingerprint density at radius 3 is 2.50 bits per heavy atom. The van der Waals surface area contributed by atoms with Gasteiger partial charge in [-0.2, -0.15) is 4.98 Å². The van der Waals surface area contributed by atoms with Crippen molar-refractivity contribution in [3.8, 4) is 11.5 Å². The maximum atomic E-state index is 11.4. The van der Waals surface area contributed by atoms with Gasteiger partial charge in [0.2, 0.25) is 17.2 Å². The monoisotopic (exact) mass is 364 g/mol. The van der Waals surface area contributed by atoms with Crippen molar-refractivity contribution in [2.45, 2.75) is 43.2 Å². The number of hydrogen-bond acceptors (Lipinski definition) is 9. The van der Waals surface area contributed by atoms with E-state index in [4.69, 9.17) is 18.7 Å². The molecule has 140 valence electrons. The molecule has 0 bridgehead atoms. The van der Waals surface area contributed by atoms with Gasteiger partial charge in [-0.3, -0.25) is 0 Å². The highest BCUT2D eigenvalue weighted by Crippen LogP contribution is 2.49. The second-order valence-electron chi connectivity index (χ2n) is 6.92. The highest BCUT2D eigenvalue weighted by molar-refractivity contribution is 5.52. The summed E-state index contributed by atoms with van der Waals surface area (Å²) in [7, 11) is 0. The van der Waals surface area contributed by atoms with Crippen LogP contribution in [0.15, 0.2) is 34.9 Å². The number of rotatable bonds is 2. The summed E-state index contributed by atoms with van der Waals surface area (Å²) in [5.74, 6) is -2.96. The Morgan fingerprint density at radius 2 is 1.85 bits per heavy atom. The van der Waals surface area contributed by atoms with E-state index in [9.17, 15) is 15.3 Å². The lowest BCUT2D eigenvalue weighted by molar-refractivity contribution is -0.385. The molecule has 0 unspecified atom stereocenters. The molecular formula is C17H20N2O7. The van der Waals surface area contributed by atoms with Crippen molar-refractivity contribution < 1.29 is 34.1 Å². The fraction of sp³-hybridized carbons (Fsp3) is 0.529. The van der Waals surface area contributed by atoms with Crippen molar-refractivity contribution in [3.05, 3.63) is 36.2 Å². The van der Waals surface area contributed by atoms with E-state index in [1.54, 1.807) is 38.1 Å². The van der Waals surface area contributed by atoms with Crippen LogP contribution < -0.4 is 0 Å². The van der Waals surface area contributed by atoms with Gasteiger partial charge in [-0.25, -0.2) is 0 Å². The minimum Gasteiger partial charge on any atom is -0.388 e. The normalized spacial score (nSPS) is 36.5. The highest BCUT2D eigenvalue weighted by Gasteiger charge is 2.70. The number of aliphatic hydroxyl groups is 3. The first-order valence-electron chi connectivity index (χ1n) is 8.24. The first kappa shape index (κ1) is 17.5. The van der Waals surface area contributed by atoms with E-state index in [0.717, 1.165) is 0 Å². The minimum atomic E-state index is -2.30. The second kappa shape index (κ2) is 5.81. The zero-order valence-corrected chi connectivity index (χ0v) is 14.3. The van der Waals surface area contributed by atoms with Crippen molar-refractivity contribution in [1.29, 1.82) is 0 Å². The van der Waals surface area contributed by atoms with E-state index in [0.29, 0.717) is 5.56 Å². The molecule has 2 aliphatic heterocycles. The molecule has 2 aliphatic rings. The Bertz CT molecular complexity index is 795. The largest absolute Gasteiger partial charge is 0.388 e. The van der Waals surface area contributed by atoms with Gasteiger partial charge in [0.25, 0.3) is 5.89 Å². The second-order valence-corrected chi connectivity index (χ2v) is 6.92. The topological polar surface area (TPSA) is 127 Å². The molecule has 0 radical (unpaired) electrons. The summed E-state index contributed by atoms with van der Waals surface area (Å²) < 4.78 is 22.2. The number of nitrogens with zero attached hydrogens (tertiary/aromatic N) is 2. The van der Waals surface area contributed by atoms with Gasteiger partial charge in [0.1, 0.15) is 18.8 Å². The molecule has 1 spiro atoms. The predicted octanol–water partition coefficient (Wildman–Crippen LogP) is 0.155. The van der Waals surface area contributed by atoms with E-state index in [2.05, 4.69) is 10.1 Å². The molecule has 3 heterocycles. The molecule has 1 aromatic carbocycles. The van der Waals surface area contributed by atoms with Crippen molar-refractivity contribution in [2.24, 2.45) is 0 Å². The standard InChI is InChI=1S/C17H20N2O7/c1-15(2)24-9-16(26-15)17(22,12(21)11(20)8-23-16)14-18-13(25-19-14)10-6-4-3-5-7-10/h3-7,11-12,20-22H,8-9H2,1-2H3/t11-,12-,16+,17+/m1/s1. The third-order valence-electron chi connectivity index (χ3n) is 4.67. The Balaban J connectivity index is 1.79. The van der Waals surface area contributed by atoms with Gasteiger partial charge in [-0.05, 0) is 26.0 Å². The molecule has 4 rings (SSSR count). The number of aromatic nitrogens is 2. The third kappa shape index (κ3) is 2.48. The van der Waals surface area contributed by atoms with Crippen LogP contribution >= 0.6 is 0 Å². The molecule has 3 N–H and O–H groups in total. The van der Waals surface area contributed by atoms with E-state index >= 15 is 0 Å². The molecule has 9 nitrogen and oxygen atoms in total. The maximum Gasteiger partial charge on any atom is 0.258 e. The lowest BCUT2D eigenvalue weighted by Gasteiger charge is -2.48. The van der Waals surface area contributed by atoms with Crippen LogP contribution in [0, 0.1) is 0 Å². The lowest BCUT2D eigenvalue weighted by Crippen LogP contribution is -2.69. The Labute approximate surface area is 149 Å². The van der Waals surface area contributed by atoms with E-state index in [1.807, 2.05) is 6.07 Å². The number of ether oxygens (including phenoxy) is 3. The fourth-order valence-electron chi connectivity index (χ4n) is 3.29. The van der Waals surface area contributed by atoms with E-state index in [-0.39, 0.29) is 24.9 Å². The summed E-state index contributed by atoms with van der Waals surface area (Å²) in [6.07, 6.45) is -3.04. The van der Waals surface area contributed by atoms with E-state index < -0.39 is 29.4 Å². The van der Waals surface area contributed by atoms with Gasteiger partial charge >= 0.3 is 0 Å². The maximum absolute atomic E-state index is 11.4. The predicted molar refractivity (Wildman–Crippen MR) is 85.4 cm³/mol. The van der Waals surface area contributed by atoms with Crippen molar-refractivity contribution >= 4 is 0 Å². The summed E-state index contributed by atoms with van der Waals surface area (Å²) >= 11 is 0. The molecule has 0 aliphatic carbocycles. The lowest BCUT2D eigenvalue weighted by atomic mass is 9.81. The summed E-state index contributed by atoms with van der Waals surface area (Å²) in [6.45, 7) is 2.87. The number of hydrogen-bond donors (Lipinski definition) is 3. The molecule has 0 saturated carbocycles. The molecule has 4 atom stereocenters. The molecule has 2 fully saturated rings. The van der Waals surface area contributed by atoms with Crippen LogP contribution in [0.3, 0.4) is 0 Å². The fourth-order valence-corrected chi connectivity index (χ4v) is 3.29. The Hall–Kier alpha value is -1.88. The van der Waals surface area contributed by atoms with Crippen LogP contribution in [0.25, 0.3) is 11.5 Å². The Morgan fingerprint density at radius 1 is 1.12 bits per heavy atom. The average Bonchev–Trinajstić information content (AvgIpc) is 3.24. The molecule has 1 aromatic heterocycles. The third-order valence-corrected chi connectivity index (χ3v) is 4.67. The molecule has 0 amide bonds. The first-order valence-corrected chi connectivity index (χ1v) is 8.24. The average molecular weight is 364 g/mol. The first-order chi connectivity index (χ1) is 12.3. The van der Waals surface area contributed by atoms with Gasteiger partial charge in [0, 0.05) is 5.56 Å². The summed E-state index contributed by atoms with van der Waals surface area (Å²) in [4.78, 5) is 4.21. The summed E-state index contributed by atoms with van der Waals surface area (Å²) in [5, 5.41) is 35.9. The van der Waals surface area contributed by atoms with Gasteiger partial charge in [0.05, 0.1) is 6.61 Å². The van der Waals surface area contributed by atoms with Crippen molar-refractivity contribution in [3.63, 3.8) is 0 Å². The minimum absolute atomic E-state index is 0.148. The van der Waals surface area contributed by atoms with Crippen LogP contribution in [0.5, 0.6) is 0 Å². The van der Waals surface area contributed by atoms with Crippen molar-refractivity contribution in [1.82, 2.24) is 10.1 Å². The smallest absolute Gasteiger partial charge is 0.258 e. The van der Waals surface area contributed by atoms with Gasteiger partial charge in [-0.1, -0.05) is 23.4 Å². The van der Waals surface area contributed by atoms with Gasteiger partial charge in [-0.15, -0.1) is 0 Å². The van der Waals surface area contributed by atoms with Crippen LogP contribution in [0.1, 0.15) is 19.7 Å². The van der Waals surface area contributed by atoms with Crippen molar-refractivity contribution in [2.75, 3.05) is 13.2 Å². The molecule has 26 heavy (non-hydrogen) atoms. The van der Waals surface area contributed by atoms with E-state index in [1.165, 1.54) is 0 Å². The molecule has 9 heteroatoms. The highest BCUT2D eigenvalue weighted by atomic mass is 16.8. The quantitative estimate of drug-likeness (QED) is 0.682. The van der Waals surface area contributed by atoms with Crippen LogP contribution in [-0.2, 0) is 19.8 Å². The SMILES string of the molecule is CC1(C)OC[C@]2(OC[C@@H](O)[C@@H](O)[C@]2(O)c2noc(-c3ccccc3)n2)O1. The van der Waals surface area contributed by atoms with Gasteiger partial charge < -0.3 is 34.1 Å². The van der Waals surface area contributed by atoms with Gasteiger partial charge in [0.15, 0.2) is 5.79 Å². The summed E-state index contributed by atoms with van der Waals surface area (Å²) in [6, 6.07) is 8.96. The number of benzene rings is 1. The Kier molecular flexibility index (Phi) is 3.92. The molecule has 2 saturated heterocycles. The van der Waals surface area contributed by atoms with Crippen LogP contribution in [0.4, 0.5) is 0 Å². The zero-order valence-electron chi connectivity index (χ0n) is 14.3. The van der Waals surface area contributed by atoms with Crippen LogP contribution in [0.2, 0.25) is 0 Å². The van der Waals surface area contributed by atoms with Crippen LogP contribution in [-0.4, -0.2) is 62.5 Å². The summed E-state index contributed by atoms with van der Waals surface area (Å²) in [5.41, 5.74) is -1.66. The number of aliphatic hydroxyl groups excluding tert-OH is 2. The molecule has 2 aromatic rings.